The Morgan fingerprint density at radius 3 is 2.71 bits per heavy atom. The third-order valence-electron chi connectivity index (χ3n) is 4.12. The average molecular weight is 377 g/mol. The van der Waals surface area contributed by atoms with Crippen LogP contribution in [0.3, 0.4) is 0 Å². The van der Waals surface area contributed by atoms with E-state index in [9.17, 15) is 4.79 Å². The average Bonchev–Trinajstić information content (AvgIpc) is 2.73. The maximum absolute atomic E-state index is 12.1. The lowest BCUT2D eigenvalue weighted by Crippen LogP contribution is -2.25. The molecule has 144 valence electrons. The number of nitrogens with zero attached hydrogens (tertiary/aromatic N) is 1. The first-order valence-electron chi connectivity index (χ1n) is 9.05. The Morgan fingerprint density at radius 1 is 1.07 bits per heavy atom. The molecule has 0 fully saturated rings. The van der Waals surface area contributed by atoms with E-state index >= 15 is 0 Å². The van der Waals surface area contributed by atoms with Crippen molar-refractivity contribution in [1.82, 2.24) is 5.43 Å². The van der Waals surface area contributed by atoms with Gasteiger partial charge in [-0.15, -0.1) is 0 Å². The molecule has 28 heavy (non-hydrogen) atoms. The van der Waals surface area contributed by atoms with Crippen molar-refractivity contribution in [1.29, 1.82) is 0 Å². The van der Waals surface area contributed by atoms with Gasteiger partial charge in [-0.2, -0.15) is 5.10 Å². The molecule has 6 heteroatoms. The van der Waals surface area contributed by atoms with E-state index in [-0.39, 0.29) is 12.5 Å². The molecule has 6 nitrogen and oxygen atoms in total. The minimum atomic E-state index is -0.234. The van der Waals surface area contributed by atoms with Gasteiger partial charge in [0.1, 0.15) is 0 Å². The lowest BCUT2D eigenvalue weighted by Gasteiger charge is -2.09. The first-order valence-corrected chi connectivity index (χ1v) is 9.05. The van der Waals surface area contributed by atoms with Gasteiger partial charge in [-0.3, -0.25) is 4.79 Å². The van der Waals surface area contributed by atoms with Crippen LogP contribution in [-0.2, 0) is 4.79 Å². The number of hydrogen-bond acceptors (Lipinski definition) is 5. The summed E-state index contributed by atoms with van der Waals surface area (Å²) in [4.78, 5) is 12.1. The molecule has 0 saturated heterocycles. The Labute approximate surface area is 164 Å². The Hall–Kier alpha value is -3.54. The van der Waals surface area contributed by atoms with E-state index < -0.39 is 0 Å². The van der Waals surface area contributed by atoms with Gasteiger partial charge in [0.15, 0.2) is 11.5 Å². The van der Waals surface area contributed by atoms with Crippen molar-refractivity contribution in [2.75, 3.05) is 25.6 Å². The number of carbonyl (C=O) groups excluding carboxylic acids is 1. The summed E-state index contributed by atoms with van der Waals surface area (Å²) in [7, 11) is 1.58. The molecule has 0 atom stereocenters. The van der Waals surface area contributed by atoms with Gasteiger partial charge in [0.05, 0.1) is 26.5 Å². The highest BCUT2D eigenvalue weighted by molar-refractivity contribution is 5.95. The summed E-state index contributed by atoms with van der Waals surface area (Å²) < 4.78 is 10.8. The fourth-order valence-corrected chi connectivity index (χ4v) is 2.81. The third kappa shape index (κ3) is 4.79. The molecule has 0 unspecified atom stereocenters. The van der Waals surface area contributed by atoms with Gasteiger partial charge in [-0.05, 0) is 42.1 Å². The van der Waals surface area contributed by atoms with Crippen molar-refractivity contribution in [2.24, 2.45) is 5.10 Å². The van der Waals surface area contributed by atoms with E-state index in [1.54, 1.807) is 19.4 Å². The number of methoxy groups -OCH3 is 1. The van der Waals surface area contributed by atoms with E-state index in [1.807, 2.05) is 61.5 Å². The van der Waals surface area contributed by atoms with Crippen LogP contribution < -0.4 is 20.2 Å². The predicted molar refractivity (Wildman–Crippen MR) is 112 cm³/mol. The van der Waals surface area contributed by atoms with Crippen LogP contribution in [-0.4, -0.2) is 32.4 Å². The summed E-state index contributed by atoms with van der Waals surface area (Å²) >= 11 is 0. The minimum Gasteiger partial charge on any atom is -0.493 e. The SMILES string of the molecule is CCOc1ccc(/C=N/NC(=O)CNc2cccc3ccccc23)cc1OC. The van der Waals surface area contributed by atoms with Gasteiger partial charge >= 0.3 is 0 Å². The fourth-order valence-electron chi connectivity index (χ4n) is 2.81. The normalized spacial score (nSPS) is 10.8. The van der Waals surface area contributed by atoms with Gasteiger partial charge in [0.25, 0.3) is 5.91 Å². The first kappa shape index (κ1) is 19.2. The van der Waals surface area contributed by atoms with Crippen LogP contribution >= 0.6 is 0 Å². The van der Waals surface area contributed by atoms with E-state index in [2.05, 4.69) is 15.8 Å². The number of carbonyl (C=O) groups is 1. The van der Waals surface area contributed by atoms with Gasteiger partial charge in [0, 0.05) is 11.1 Å². The van der Waals surface area contributed by atoms with Gasteiger partial charge in [-0.1, -0.05) is 36.4 Å². The van der Waals surface area contributed by atoms with Crippen LogP contribution in [0.1, 0.15) is 12.5 Å². The third-order valence-corrected chi connectivity index (χ3v) is 4.12. The van der Waals surface area contributed by atoms with Gasteiger partial charge in [-0.25, -0.2) is 5.43 Å². The van der Waals surface area contributed by atoms with Crippen molar-refractivity contribution in [3.63, 3.8) is 0 Å². The zero-order valence-electron chi connectivity index (χ0n) is 15.9. The van der Waals surface area contributed by atoms with Crippen LogP contribution in [0, 0.1) is 0 Å². The second-order valence-electron chi connectivity index (χ2n) is 6.02. The van der Waals surface area contributed by atoms with E-state index in [0.29, 0.717) is 18.1 Å². The summed E-state index contributed by atoms with van der Waals surface area (Å²) in [5, 5.41) is 9.35. The van der Waals surface area contributed by atoms with Crippen molar-refractivity contribution in [2.45, 2.75) is 6.92 Å². The van der Waals surface area contributed by atoms with Crippen LogP contribution in [0.15, 0.2) is 65.8 Å². The van der Waals surface area contributed by atoms with Crippen molar-refractivity contribution >= 4 is 28.6 Å². The molecule has 0 aliphatic rings. The Kier molecular flexibility index (Phi) is 6.46. The molecule has 0 aliphatic carbocycles. The molecule has 0 saturated carbocycles. The molecule has 0 bridgehead atoms. The van der Waals surface area contributed by atoms with Gasteiger partial charge in [0.2, 0.25) is 0 Å². The molecule has 3 rings (SSSR count). The lowest BCUT2D eigenvalue weighted by atomic mass is 10.1. The summed E-state index contributed by atoms with van der Waals surface area (Å²) in [5.41, 5.74) is 4.23. The van der Waals surface area contributed by atoms with E-state index in [4.69, 9.17) is 9.47 Å². The molecule has 3 aromatic carbocycles. The van der Waals surface area contributed by atoms with Crippen LogP contribution in [0.25, 0.3) is 10.8 Å². The van der Waals surface area contributed by atoms with Crippen molar-refractivity contribution in [3.8, 4) is 11.5 Å². The monoisotopic (exact) mass is 377 g/mol. The second-order valence-corrected chi connectivity index (χ2v) is 6.02. The lowest BCUT2D eigenvalue weighted by molar-refractivity contribution is -0.119. The number of amides is 1. The Morgan fingerprint density at radius 2 is 1.89 bits per heavy atom. The molecule has 0 heterocycles. The molecule has 0 spiro atoms. The van der Waals surface area contributed by atoms with Gasteiger partial charge < -0.3 is 14.8 Å². The van der Waals surface area contributed by atoms with Crippen LogP contribution in [0.5, 0.6) is 11.5 Å². The minimum absolute atomic E-state index is 0.123. The number of ether oxygens (including phenoxy) is 2. The van der Waals surface area contributed by atoms with Crippen molar-refractivity contribution in [3.05, 3.63) is 66.2 Å². The number of anilines is 1. The van der Waals surface area contributed by atoms with Crippen molar-refractivity contribution < 1.29 is 14.3 Å². The number of nitrogens with one attached hydrogen (secondary N) is 2. The highest BCUT2D eigenvalue weighted by atomic mass is 16.5. The highest BCUT2D eigenvalue weighted by Crippen LogP contribution is 2.27. The molecule has 0 aliphatic heterocycles. The maximum Gasteiger partial charge on any atom is 0.259 e. The van der Waals surface area contributed by atoms with Crippen LogP contribution in [0.4, 0.5) is 5.69 Å². The number of hydrazone groups is 1. The van der Waals surface area contributed by atoms with Crippen LogP contribution in [0.2, 0.25) is 0 Å². The Balaban J connectivity index is 1.57. The highest BCUT2D eigenvalue weighted by Gasteiger charge is 2.05. The topological polar surface area (TPSA) is 72.0 Å². The summed E-state index contributed by atoms with van der Waals surface area (Å²) in [5.74, 6) is 1.06. The fraction of sp³-hybridized carbons (Fsp3) is 0.182. The molecule has 2 N–H and O–H groups in total. The summed E-state index contributed by atoms with van der Waals surface area (Å²) in [6.45, 7) is 2.60. The zero-order chi connectivity index (χ0) is 19.8. The number of hydrogen-bond donors (Lipinski definition) is 2. The first-order chi connectivity index (χ1) is 13.7. The molecular formula is C22H23N3O3. The predicted octanol–water partition coefficient (Wildman–Crippen LogP) is 3.81. The van der Waals surface area contributed by atoms with E-state index in [0.717, 1.165) is 22.0 Å². The molecule has 0 aromatic heterocycles. The number of benzene rings is 3. The Bertz CT molecular complexity index is 980. The molecule has 3 aromatic rings. The maximum atomic E-state index is 12.1. The zero-order valence-corrected chi connectivity index (χ0v) is 15.9. The summed E-state index contributed by atoms with van der Waals surface area (Å²) in [6, 6.07) is 19.4. The largest absolute Gasteiger partial charge is 0.493 e. The molecular weight excluding hydrogens is 354 g/mol. The summed E-state index contributed by atoms with van der Waals surface area (Å²) in [6.07, 6.45) is 1.56. The second kappa shape index (κ2) is 9.41. The molecule has 0 radical (unpaired) electrons. The molecule has 1 amide bonds. The number of fused-ring (bicyclic) bond motifs is 1. The smallest absolute Gasteiger partial charge is 0.259 e. The quantitative estimate of drug-likeness (QED) is 0.463. The van der Waals surface area contributed by atoms with E-state index in [1.165, 1.54) is 0 Å². The standard InChI is InChI=1S/C22H23N3O3/c1-3-28-20-12-11-16(13-21(20)27-2)14-24-25-22(26)15-23-19-10-6-8-17-7-4-5-9-18(17)19/h4-14,23H,3,15H2,1-2H3,(H,25,26)/b24-14+. The number of rotatable bonds is 8.